The zero-order valence-electron chi connectivity index (χ0n) is 8.88. The van der Waals surface area contributed by atoms with Gasteiger partial charge in [-0.05, 0) is 36.4 Å². The molecule has 0 bridgehead atoms. The fourth-order valence-electron chi connectivity index (χ4n) is 1.31. The Kier molecular flexibility index (Phi) is 3.80. The summed E-state index contributed by atoms with van der Waals surface area (Å²) in [6.07, 6.45) is 0. The summed E-state index contributed by atoms with van der Waals surface area (Å²) in [7, 11) is 1.67. The number of rotatable bonds is 3. The van der Waals surface area contributed by atoms with Crippen LogP contribution >= 0.6 is 24.4 Å². The molecule has 0 aliphatic rings. The standard InChI is InChI=1S/C13H12OS2/c1-14-10-6-8-11(9-7-10)16-13-5-3-2-4-12(13)15/h2-9,15H,1H3. The van der Waals surface area contributed by atoms with Gasteiger partial charge < -0.3 is 4.74 Å². The van der Waals surface area contributed by atoms with Gasteiger partial charge in [-0.15, -0.1) is 12.6 Å². The summed E-state index contributed by atoms with van der Waals surface area (Å²) in [6.45, 7) is 0. The molecule has 0 fully saturated rings. The Bertz CT molecular complexity index is 466. The summed E-state index contributed by atoms with van der Waals surface area (Å²) in [5.74, 6) is 0.878. The van der Waals surface area contributed by atoms with Gasteiger partial charge in [0.15, 0.2) is 0 Å². The van der Waals surface area contributed by atoms with Gasteiger partial charge in [-0.3, -0.25) is 0 Å². The van der Waals surface area contributed by atoms with Gasteiger partial charge in [0.1, 0.15) is 5.75 Å². The van der Waals surface area contributed by atoms with Crippen molar-refractivity contribution in [1.29, 1.82) is 0 Å². The van der Waals surface area contributed by atoms with Gasteiger partial charge in [0.05, 0.1) is 7.11 Å². The average Bonchev–Trinajstić information content (AvgIpc) is 2.33. The van der Waals surface area contributed by atoms with Gasteiger partial charge in [-0.2, -0.15) is 0 Å². The van der Waals surface area contributed by atoms with E-state index < -0.39 is 0 Å². The van der Waals surface area contributed by atoms with Gasteiger partial charge in [-0.25, -0.2) is 0 Å². The molecule has 0 N–H and O–H groups in total. The molecule has 0 radical (unpaired) electrons. The van der Waals surface area contributed by atoms with Crippen molar-refractivity contribution in [3.05, 3.63) is 48.5 Å². The molecule has 1 nitrogen and oxygen atoms in total. The first-order chi connectivity index (χ1) is 7.79. The number of benzene rings is 2. The molecule has 0 atom stereocenters. The average molecular weight is 248 g/mol. The summed E-state index contributed by atoms with van der Waals surface area (Å²) in [5, 5.41) is 0. The van der Waals surface area contributed by atoms with Crippen molar-refractivity contribution in [2.75, 3.05) is 7.11 Å². The van der Waals surface area contributed by atoms with Crippen LogP contribution in [0.25, 0.3) is 0 Å². The summed E-state index contributed by atoms with van der Waals surface area (Å²) >= 11 is 6.12. The predicted molar refractivity (Wildman–Crippen MR) is 70.8 cm³/mol. The van der Waals surface area contributed by atoms with E-state index in [-0.39, 0.29) is 0 Å². The van der Waals surface area contributed by atoms with Gasteiger partial charge in [0.25, 0.3) is 0 Å². The third-order valence-corrected chi connectivity index (χ3v) is 3.78. The van der Waals surface area contributed by atoms with E-state index in [1.807, 2.05) is 42.5 Å². The second kappa shape index (κ2) is 5.32. The van der Waals surface area contributed by atoms with E-state index in [1.54, 1.807) is 18.9 Å². The molecule has 0 unspecified atom stereocenters. The van der Waals surface area contributed by atoms with E-state index in [9.17, 15) is 0 Å². The van der Waals surface area contributed by atoms with E-state index in [4.69, 9.17) is 4.74 Å². The molecule has 2 aromatic rings. The molecule has 0 aromatic heterocycles. The van der Waals surface area contributed by atoms with Crippen molar-refractivity contribution in [3.8, 4) is 5.75 Å². The van der Waals surface area contributed by atoms with Crippen LogP contribution < -0.4 is 4.74 Å². The van der Waals surface area contributed by atoms with Crippen molar-refractivity contribution in [3.63, 3.8) is 0 Å². The van der Waals surface area contributed by atoms with Gasteiger partial charge in [0.2, 0.25) is 0 Å². The molecule has 0 aliphatic heterocycles. The van der Waals surface area contributed by atoms with Crippen LogP contribution in [0.1, 0.15) is 0 Å². The zero-order valence-corrected chi connectivity index (χ0v) is 10.6. The first-order valence-corrected chi connectivity index (χ1v) is 6.16. The van der Waals surface area contributed by atoms with Gasteiger partial charge in [-0.1, -0.05) is 23.9 Å². The molecule has 3 heteroatoms. The molecule has 0 heterocycles. The second-order valence-corrected chi connectivity index (χ2v) is 4.84. The summed E-state index contributed by atoms with van der Waals surface area (Å²) < 4.78 is 5.12. The quantitative estimate of drug-likeness (QED) is 0.818. The topological polar surface area (TPSA) is 9.23 Å². The summed E-state index contributed by atoms with van der Waals surface area (Å²) in [5.41, 5.74) is 0. The Hall–Kier alpha value is -1.06. The Morgan fingerprint density at radius 3 is 2.31 bits per heavy atom. The molecule has 0 saturated carbocycles. The zero-order chi connectivity index (χ0) is 11.4. The van der Waals surface area contributed by atoms with Gasteiger partial charge in [0, 0.05) is 14.7 Å². The van der Waals surface area contributed by atoms with Crippen LogP contribution in [0.15, 0.2) is 63.2 Å². The van der Waals surface area contributed by atoms with Crippen LogP contribution in [-0.2, 0) is 0 Å². The molecule has 0 amide bonds. The third-order valence-electron chi connectivity index (χ3n) is 2.15. The summed E-state index contributed by atoms with van der Waals surface area (Å²) in [4.78, 5) is 3.35. The lowest BCUT2D eigenvalue weighted by Gasteiger charge is -2.05. The Morgan fingerprint density at radius 1 is 1.00 bits per heavy atom. The Morgan fingerprint density at radius 2 is 1.69 bits per heavy atom. The molecule has 82 valence electrons. The highest BCUT2D eigenvalue weighted by Crippen LogP contribution is 2.32. The van der Waals surface area contributed by atoms with E-state index in [2.05, 4.69) is 18.7 Å². The van der Waals surface area contributed by atoms with E-state index in [0.29, 0.717) is 0 Å². The molecule has 0 saturated heterocycles. The van der Waals surface area contributed by atoms with E-state index >= 15 is 0 Å². The van der Waals surface area contributed by atoms with Gasteiger partial charge >= 0.3 is 0 Å². The Balaban J connectivity index is 2.18. The van der Waals surface area contributed by atoms with Crippen LogP contribution in [-0.4, -0.2) is 7.11 Å². The minimum absolute atomic E-state index is 0.878. The number of thiol groups is 1. The van der Waals surface area contributed by atoms with E-state index in [0.717, 1.165) is 15.5 Å². The van der Waals surface area contributed by atoms with Crippen molar-refractivity contribution < 1.29 is 4.74 Å². The fourth-order valence-corrected chi connectivity index (χ4v) is 2.46. The molecule has 0 aliphatic carbocycles. The molecule has 16 heavy (non-hydrogen) atoms. The van der Waals surface area contributed by atoms with Crippen molar-refractivity contribution in [2.24, 2.45) is 0 Å². The lowest BCUT2D eigenvalue weighted by atomic mass is 10.3. The maximum Gasteiger partial charge on any atom is 0.118 e. The largest absolute Gasteiger partial charge is 0.497 e. The van der Waals surface area contributed by atoms with Crippen LogP contribution in [0.2, 0.25) is 0 Å². The highest BCUT2D eigenvalue weighted by molar-refractivity contribution is 7.99. The summed E-state index contributed by atoms with van der Waals surface area (Å²) in [6, 6.07) is 16.1. The molecule has 0 spiro atoms. The van der Waals surface area contributed by atoms with Crippen molar-refractivity contribution in [2.45, 2.75) is 14.7 Å². The normalized spacial score (nSPS) is 10.1. The number of methoxy groups -OCH3 is 1. The smallest absolute Gasteiger partial charge is 0.118 e. The fraction of sp³-hybridized carbons (Fsp3) is 0.0769. The molecule has 2 rings (SSSR count). The molecule has 2 aromatic carbocycles. The minimum atomic E-state index is 0.878. The van der Waals surface area contributed by atoms with Crippen molar-refractivity contribution in [1.82, 2.24) is 0 Å². The predicted octanol–water partition coefficient (Wildman–Crippen LogP) is 4.14. The number of hydrogen-bond acceptors (Lipinski definition) is 3. The van der Waals surface area contributed by atoms with Crippen LogP contribution in [0.5, 0.6) is 5.75 Å². The number of ether oxygens (including phenoxy) is 1. The highest BCUT2D eigenvalue weighted by atomic mass is 32.2. The number of hydrogen-bond donors (Lipinski definition) is 1. The van der Waals surface area contributed by atoms with E-state index in [1.165, 1.54) is 4.90 Å². The maximum atomic E-state index is 5.12. The SMILES string of the molecule is COc1ccc(Sc2ccccc2S)cc1. The Labute approximate surface area is 105 Å². The maximum absolute atomic E-state index is 5.12. The monoisotopic (exact) mass is 248 g/mol. The van der Waals surface area contributed by atoms with Crippen molar-refractivity contribution >= 4 is 24.4 Å². The third kappa shape index (κ3) is 2.74. The first-order valence-electron chi connectivity index (χ1n) is 4.89. The van der Waals surface area contributed by atoms with Crippen LogP contribution in [0.4, 0.5) is 0 Å². The molecular weight excluding hydrogens is 236 g/mol. The first kappa shape index (κ1) is 11.4. The van der Waals surface area contributed by atoms with Crippen LogP contribution in [0.3, 0.4) is 0 Å². The lowest BCUT2D eigenvalue weighted by molar-refractivity contribution is 0.414. The highest BCUT2D eigenvalue weighted by Gasteiger charge is 2.00. The second-order valence-electron chi connectivity index (χ2n) is 3.25. The van der Waals surface area contributed by atoms with Crippen LogP contribution in [0, 0.1) is 0 Å². The lowest BCUT2D eigenvalue weighted by Crippen LogP contribution is -1.81. The minimum Gasteiger partial charge on any atom is -0.497 e. The molecular formula is C13H12OS2.